The number of carbonyl (C=O) groups excluding carboxylic acids is 2. The number of aromatic nitrogens is 4. The Bertz CT molecular complexity index is 1440. The molecule has 4 heterocycles. The van der Waals surface area contributed by atoms with E-state index in [1.807, 2.05) is 48.1 Å². The van der Waals surface area contributed by atoms with Crippen LogP contribution in [0.2, 0.25) is 0 Å². The van der Waals surface area contributed by atoms with E-state index >= 15 is 0 Å². The number of piperazine rings is 1. The van der Waals surface area contributed by atoms with E-state index in [-0.39, 0.29) is 18.4 Å². The van der Waals surface area contributed by atoms with E-state index in [0.29, 0.717) is 38.4 Å². The third kappa shape index (κ3) is 4.15. The molecule has 1 fully saturated rings. The molecule has 2 amide bonds. The number of imidazole rings is 1. The van der Waals surface area contributed by atoms with Gasteiger partial charge < -0.3 is 14.8 Å². The van der Waals surface area contributed by atoms with Crippen molar-refractivity contribution >= 4 is 22.8 Å². The van der Waals surface area contributed by atoms with Crippen molar-refractivity contribution in [3.05, 3.63) is 82.9 Å². The molecule has 1 saturated heterocycles. The van der Waals surface area contributed by atoms with Gasteiger partial charge in [0.15, 0.2) is 5.69 Å². The molecule has 0 spiro atoms. The molecule has 0 bridgehead atoms. The summed E-state index contributed by atoms with van der Waals surface area (Å²) in [5.74, 6) is 0.699. The summed E-state index contributed by atoms with van der Waals surface area (Å²) < 4.78 is 4.12. The monoisotopic (exact) mass is 483 g/mol. The number of carbonyl (C=O) groups is 2. The Labute approximate surface area is 209 Å². The van der Waals surface area contributed by atoms with E-state index in [1.165, 1.54) is 0 Å². The highest BCUT2D eigenvalue weighted by atomic mass is 16.2. The number of benzene rings is 2. The number of hydrogen-bond donors (Lipinski definition) is 1. The maximum Gasteiger partial charge on any atom is 0.275 e. The minimum atomic E-state index is -0.169. The zero-order valence-electron chi connectivity index (χ0n) is 20.4. The Morgan fingerprint density at radius 3 is 2.61 bits per heavy atom. The van der Waals surface area contributed by atoms with Crippen LogP contribution in [0.25, 0.3) is 11.0 Å². The zero-order chi connectivity index (χ0) is 24.6. The molecule has 36 heavy (non-hydrogen) atoms. The Morgan fingerprint density at radius 1 is 1.00 bits per heavy atom. The molecule has 2 aromatic heterocycles. The van der Waals surface area contributed by atoms with Gasteiger partial charge in [-0.15, -0.1) is 0 Å². The summed E-state index contributed by atoms with van der Waals surface area (Å²) >= 11 is 0. The second kappa shape index (κ2) is 9.23. The fourth-order valence-corrected chi connectivity index (χ4v) is 5.24. The lowest BCUT2D eigenvalue weighted by Crippen LogP contribution is -2.50. The highest BCUT2D eigenvalue weighted by Crippen LogP contribution is 2.26. The molecule has 9 heteroatoms. The van der Waals surface area contributed by atoms with Gasteiger partial charge in [-0.3, -0.25) is 19.2 Å². The van der Waals surface area contributed by atoms with Crippen molar-refractivity contribution in [3.8, 4) is 0 Å². The van der Waals surface area contributed by atoms with Gasteiger partial charge in [0, 0.05) is 50.9 Å². The minimum absolute atomic E-state index is 0.0721. The average molecular weight is 484 g/mol. The standard InChI is InChI=1S/C27H29N7O2/c1-31-23-10-6-5-9-21(23)29-24(31)17-32-13-11-22-20(16-32)26(27(36)33-14-12-28-25(35)18-33)30-34(22)15-19-7-3-2-4-8-19/h2-10H,11-18H2,1H3,(H,28,35). The molecule has 4 aromatic rings. The summed E-state index contributed by atoms with van der Waals surface area (Å²) in [7, 11) is 2.05. The summed E-state index contributed by atoms with van der Waals surface area (Å²) in [4.78, 5) is 34.3. The Hall–Kier alpha value is -3.98. The zero-order valence-corrected chi connectivity index (χ0v) is 20.4. The van der Waals surface area contributed by atoms with E-state index in [4.69, 9.17) is 10.1 Å². The van der Waals surface area contributed by atoms with Crippen LogP contribution in [0.3, 0.4) is 0 Å². The predicted molar refractivity (Wildman–Crippen MR) is 135 cm³/mol. The summed E-state index contributed by atoms with van der Waals surface area (Å²) in [6.07, 6.45) is 0.798. The van der Waals surface area contributed by atoms with Crippen molar-refractivity contribution in [1.29, 1.82) is 0 Å². The first kappa shape index (κ1) is 22.5. The molecule has 0 atom stereocenters. The number of hydrogen-bond acceptors (Lipinski definition) is 5. The van der Waals surface area contributed by atoms with Gasteiger partial charge in [-0.25, -0.2) is 4.98 Å². The molecular formula is C27H29N7O2. The molecule has 9 nitrogen and oxygen atoms in total. The van der Waals surface area contributed by atoms with Crippen LogP contribution in [-0.4, -0.2) is 67.1 Å². The fraction of sp³-hybridized carbons (Fsp3) is 0.333. The third-order valence-electron chi connectivity index (χ3n) is 7.16. The van der Waals surface area contributed by atoms with Crippen molar-refractivity contribution in [2.45, 2.75) is 26.1 Å². The van der Waals surface area contributed by atoms with E-state index < -0.39 is 0 Å². The number of para-hydroxylation sites is 2. The predicted octanol–water partition coefficient (Wildman–Crippen LogP) is 1.95. The Morgan fingerprint density at radius 2 is 1.81 bits per heavy atom. The lowest BCUT2D eigenvalue weighted by atomic mass is 10.0. The number of nitrogens with one attached hydrogen (secondary N) is 1. The van der Waals surface area contributed by atoms with Crippen LogP contribution in [0.1, 0.15) is 33.1 Å². The van der Waals surface area contributed by atoms with Crippen LogP contribution in [0.5, 0.6) is 0 Å². The summed E-state index contributed by atoms with van der Waals surface area (Å²) in [6.45, 7) is 3.81. The molecule has 1 N–H and O–H groups in total. The smallest absolute Gasteiger partial charge is 0.275 e. The largest absolute Gasteiger partial charge is 0.353 e. The van der Waals surface area contributed by atoms with Gasteiger partial charge in [0.25, 0.3) is 5.91 Å². The van der Waals surface area contributed by atoms with E-state index in [9.17, 15) is 9.59 Å². The van der Waals surface area contributed by atoms with E-state index in [0.717, 1.165) is 46.6 Å². The molecular weight excluding hydrogens is 454 g/mol. The molecule has 184 valence electrons. The first-order valence-corrected chi connectivity index (χ1v) is 12.4. The molecule has 0 radical (unpaired) electrons. The van der Waals surface area contributed by atoms with E-state index in [1.54, 1.807) is 4.90 Å². The molecule has 2 aliphatic heterocycles. The number of rotatable bonds is 5. The minimum Gasteiger partial charge on any atom is -0.353 e. The van der Waals surface area contributed by atoms with Crippen molar-refractivity contribution in [1.82, 2.24) is 34.4 Å². The lowest BCUT2D eigenvalue weighted by Gasteiger charge is -2.29. The maximum atomic E-state index is 13.6. The van der Waals surface area contributed by atoms with Crippen LogP contribution in [-0.2, 0) is 37.9 Å². The van der Waals surface area contributed by atoms with Crippen LogP contribution < -0.4 is 5.32 Å². The number of nitrogens with zero attached hydrogens (tertiary/aromatic N) is 6. The van der Waals surface area contributed by atoms with Gasteiger partial charge in [-0.1, -0.05) is 42.5 Å². The average Bonchev–Trinajstić information content (AvgIpc) is 3.41. The van der Waals surface area contributed by atoms with Gasteiger partial charge in [0.1, 0.15) is 5.82 Å². The second-order valence-electron chi connectivity index (χ2n) is 9.53. The lowest BCUT2D eigenvalue weighted by molar-refractivity contribution is -0.123. The van der Waals surface area contributed by atoms with Crippen molar-refractivity contribution in [2.75, 3.05) is 26.2 Å². The van der Waals surface area contributed by atoms with Crippen molar-refractivity contribution in [3.63, 3.8) is 0 Å². The van der Waals surface area contributed by atoms with Gasteiger partial charge in [-0.05, 0) is 17.7 Å². The molecule has 6 rings (SSSR count). The van der Waals surface area contributed by atoms with Crippen molar-refractivity contribution in [2.24, 2.45) is 7.05 Å². The molecule has 0 unspecified atom stereocenters. The normalized spacial score (nSPS) is 16.2. The first-order valence-electron chi connectivity index (χ1n) is 12.4. The first-order chi connectivity index (χ1) is 17.6. The quantitative estimate of drug-likeness (QED) is 0.469. The van der Waals surface area contributed by atoms with Gasteiger partial charge in [0.05, 0.1) is 30.7 Å². The summed E-state index contributed by atoms with van der Waals surface area (Å²) in [5.41, 5.74) is 5.77. The van der Waals surface area contributed by atoms with Gasteiger partial charge in [0.2, 0.25) is 5.91 Å². The highest BCUT2D eigenvalue weighted by molar-refractivity contribution is 5.97. The Kier molecular flexibility index (Phi) is 5.77. The second-order valence-corrected chi connectivity index (χ2v) is 9.53. The number of aryl methyl sites for hydroxylation is 1. The van der Waals surface area contributed by atoms with Gasteiger partial charge >= 0.3 is 0 Å². The molecule has 2 aromatic carbocycles. The van der Waals surface area contributed by atoms with Crippen LogP contribution in [0.4, 0.5) is 0 Å². The molecule has 2 aliphatic rings. The summed E-state index contributed by atoms with van der Waals surface area (Å²) in [5, 5.41) is 7.62. The third-order valence-corrected chi connectivity index (χ3v) is 7.16. The van der Waals surface area contributed by atoms with E-state index in [2.05, 4.69) is 33.0 Å². The molecule has 0 saturated carbocycles. The molecule has 0 aliphatic carbocycles. The topological polar surface area (TPSA) is 88.3 Å². The maximum absolute atomic E-state index is 13.6. The number of amides is 2. The van der Waals surface area contributed by atoms with Crippen LogP contribution >= 0.6 is 0 Å². The van der Waals surface area contributed by atoms with Crippen LogP contribution in [0.15, 0.2) is 54.6 Å². The SMILES string of the molecule is Cn1c(CN2CCc3c(c(C(=O)N4CCNC(=O)C4)nn3Cc3ccccc3)C2)nc2ccccc21. The van der Waals surface area contributed by atoms with Crippen LogP contribution in [0, 0.1) is 0 Å². The number of fused-ring (bicyclic) bond motifs is 2. The highest BCUT2D eigenvalue weighted by Gasteiger charge is 2.32. The fourth-order valence-electron chi connectivity index (χ4n) is 5.24. The Balaban J connectivity index is 1.31. The van der Waals surface area contributed by atoms with Crippen molar-refractivity contribution < 1.29 is 9.59 Å². The summed E-state index contributed by atoms with van der Waals surface area (Å²) in [6, 6.07) is 18.3. The van der Waals surface area contributed by atoms with Gasteiger partial charge in [-0.2, -0.15) is 5.10 Å².